The molecule has 1 atom stereocenters. The van der Waals surface area contributed by atoms with Crippen molar-refractivity contribution in [2.45, 2.75) is 40.4 Å². The van der Waals surface area contributed by atoms with Crippen molar-refractivity contribution in [3.8, 4) is 0 Å². The van der Waals surface area contributed by atoms with Crippen molar-refractivity contribution in [2.24, 2.45) is 10.8 Å². The Balaban J connectivity index is 2.84. The Bertz CT molecular complexity index is 243. The minimum absolute atomic E-state index is 0.242. The maximum atomic E-state index is 11.3. The van der Waals surface area contributed by atoms with E-state index in [2.05, 4.69) is 0 Å². The van der Waals surface area contributed by atoms with Crippen LogP contribution in [0.4, 0.5) is 0 Å². The third-order valence-electron chi connectivity index (χ3n) is 3.22. The van der Waals surface area contributed by atoms with Crippen LogP contribution in [-0.2, 0) is 14.3 Å². The van der Waals surface area contributed by atoms with Crippen molar-refractivity contribution in [1.82, 2.24) is 0 Å². The highest BCUT2D eigenvalue weighted by atomic mass is 16.7. The Kier molecular flexibility index (Phi) is 3.41. The molecule has 0 amide bonds. The molecule has 1 N–H and O–H groups in total. The van der Waals surface area contributed by atoms with Gasteiger partial charge in [-0.15, -0.1) is 0 Å². The molecule has 0 aromatic carbocycles. The lowest BCUT2D eigenvalue weighted by molar-refractivity contribution is -0.198. The summed E-state index contributed by atoms with van der Waals surface area (Å²) in [6, 6.07) is 0. The van der Waals surface area contributed by atoms with E-state index in [1.807, 2.05) is 27.7 Å². The zero-order chi connectivity index (χ0) is 11.7. The monoisotopic (exact) mass is 216 g/mol. The first kappa shape index (κ1) is 12.5. The number of rotatable bonds is 6. The second kappa shape index (κ2) is 4.10. The maximum absolute atomic E-state index is 11.3. The molecule has 1 unspecified atom stereocenters. The van der Waals surface area contributed by atoms with E-state index in [-0.39, 0.29) is 5.41 Å². The van der Waals surface area contributed by atoms with E-state index in [0.29, 0.717) is 19.6 Å². The van der Waals surface area contributed by atoms with Crippen LogP contribution in [0.1, 0.15) is 34.1 Å². The number of carboxylic acid groups (broad SMARTS) is 1. The largest absolute Gasteiger partial charge is 0.481 e. The molecule has 0 bridgehead atoms. The lowest BCUT2D eigenvalue weighted by atomic mass is 9.95. The number of carbonyl (C=O) groups is 1. The summed E-state index contributed by atoms with van der Waals surface area (Å²) in [6.07, 6.45) is -0.0139. The van der Waals surface area contributed by atoms with Gasteiger partial charge >= 0.3 is 5.97 Å². The van der Waals surface area contributed by atoms with Crippen molar-refractivity contribution in [1.29, 1.82) is 0 Å². The normalized spacial score (nSPS) is 28.1. The molecule has 1 fully saturated rings. The predicted octanol–water partition coefficient (Wildman–Crippen LogP) is 1.89. The molecule has 1 rings (SSSR count). The van der Waals surface area contributed by atoms with Gasteiger partial charge in [0.1, 0.15) is 5.41 Å². The molecule has 1 aliphatic carbocycles. The molecule has 4 nitrogen and oxygen atoms in total. The molecular weight excluding hydrogens is 196 g/mol. The van der Waals surface area contributed by atoms with Crippen LogP contribution in [-0.4, -0.2) is 30.6 Å². The second-order valence-corrected chi connectivity index (χ2v) is 4.58. The van der Waals surface area contributed by atoms with Crippen molar-refractivity contribution >= 4 is 5.97 Å². The first-order chi connectivity index (χ1) is 6.92. The SMILES string of the molecule is CCOC(OCC)C1(C(=O)O)CC1(C)C. The number of hydrogen-bond acceptors (Lipinski definition) is 3. The molecule has 88 valence electrons. The van der Waals surface area contributed by atoms with Crippen molar-refractivity contribution in [3.05, 3.63) is 0 Å². The van der Waals surface area contributed by atoms with Crippen LogP contribution in [0.15, 0.2) is 0 Å². The third kappa shape index (κ3) is 1.88. The lowest BCUT2D eigenvalue weighted by Crippen LogP contribution is -2.38. The van der Waals surface area contributed by atoms with Gasteiger partial charge in [-0.25, -0.2) is 0 Å². The van der Waals surface area contributed by atoms with E-state index in [0.717, 1.165) is 0 Å². The fraction of sp³-hybridized carbons (Fsp3) is 0.909. The summed E-state index contributed by atoms with van der Waals surface area (Å²) in [5.74, 6) is -0.820. The van der Waals surface area contributed by atoms with Gasteiger partial charge in [0.15, 0.2) is 6.29 Å². The van der Waals surface area contributed by atoms with Crippen LogP contribution in [0.5, 0.6) is 0 Å². The maximum Gasteiger partial charge on any atom is 0.315 e. The molecule has 0 saturated heterocycles. The Morgan fingerprint density at radius 2 is 1.73 bits per heavy atom. The van der Waals surface area contributed by atoms with Gasteiger partial charge in [-0.1, -0.05) is 13.8 Å². The van der Waals surface area contributed by atoms with Crippen LogP contribution in [0, 0.1) is 10.8 Å². The summed E-state index contributed by atoms with van der Waals surface area (Å²) in [5, 5.41) is 9.30. The van der Waals surface area contributed by atoms with Crippen LogP contribution in [0.2, 0.25) is 0 Å². The minimum Gasteiger partial charge on any atom is -0.481 e. The molecule has 0 heterocycles. The Morgan fingerprint density at radius 3 is 1.93 bits per heavy atom. The highest BCUT2D eigenvalue weighted by Gasteiger charge is 2.72. The molecule has 15 heavy (non-hydrogen) atoms. The van der Waals surface area contributed by atoms with Gasteiger partial charge in [0.25, 0.3) is 0 Å². The number of ether oxygens (including phenoxy) is 2. The fourth-order valence-corrected chi connectivity index (χ4v) is 2.16. The topological polar surface area (TPSA) is 55.8 Å². The lowest BCUT2D eigenvalue weighted by Gasteiger charge is -2.26. The van der Waals surface area contributed by atoms with Gasteiger partial charge in [-0.2, -0.15) is 0 Å². The summed E-state index contributed by atoms with van der Waals surface area (Å²) in [7, 11) is 0. The molecule has 0 aromatic rings. The highest BCUT2D eigenvalue weighted by Crippen LogP contribution is 2.66. The summed E-state index contributed by atoms with van der Waals surface area (Å²) >= 11 is 0. The van der Waals surface area contributed by atoms with Gasteiger partial charge in [-0.05, 0) is 25.7 Å². The average Bonchev–Trinajstić information content (AvgIpc) is 2.70. The molecule has 1 saturated carbocycles. The Morgan fingerprint density at radius 1 is 1.33 bits per heavy atom. The summed E-state index contributed by atoms with van der Waals surface area (Å²) < 4.78 is 10.8. The molecule has 0 spiro atoms. The van der Waals surface area contributed by atoms with E-state index in [4.69, 9.17) is 9.47 Å². The predicted molar refractivity (Wildman–Crippen MR) is 55.5 cm³/mol. The van der Waals surface area contributed by atoms with Gasteiger partial charge in [0, 0.05) is 13.2 Å². The molecule has 4 heteroatoms. The molecular formula is C11H20O4. The Labute approximate surface area is 90.6 Å². The highest BCUT2D eigenvalue weighted by molar-refractivity contribution is 5.80. The molecule has 1 aliphatic rings. The van der Waals surface area contributed by atoms with Crippen LogP contribution < -0.4 is 0 Å². The average molecular weight is 216 g/mol. The van der Waals surface area contributed by atoms with E-state index in [1.165, 1.54) is 0 Å². The summed E-state index contributed by atoms with van der Waals surface area (Å²) in [5.41, 5.74) is -1.10. The van der Waals surface area contributed by atoms with Crippen molar-refractivity contribution in [2.75, 3.05) is 13.2 Å². The van der Waals surface area contributed by atoms with E-state index in [9.17, 15) is 9.90 Å². The minimum atomic E-state index is -0.862. The van der Waals surface area contributed by atoms with Gasteiger partial charge in [0.05, 0.1) is 0 Å². The van der Waals surface area contributed by atoms with Gasteiger partial charge in [-0.3, -0.25) is 4.79 Å². The fourth-order valence-electron chi connectivity index (χ4n) is 2.16. The molecule has 0 aromatic heterocycles. The number of hydrogen-bond donors (Lipinski definition) is 1. The van der Waals surface area contributed by atoms with Crippen LogP contribution in [0.25, 0.3) is 0 Å². The second-order valence-electron chi connectivity index (χ2n) is 4.58. The zero-order valence-electron chi connectivity index (χ0n) is 9.87. The zero-order valence-corrected chi connectivity index (χ0v) is 9.87. The third-order valence-corrected chi connectivity index (χ3v) is 3.22. The number of carboxylic acids is 1. The van der Waals surface area contributed by atoms with Crippen molar-refractivity contribution in [3.63, 3.8) is 0 Å². The summed E-state index contributed by atoms with van der Waals surface area (Å²) in [4.78, 5) is 11.3. The van der Waals surface area contributed by atoms with Gasteiger partial charge in [0.2, 0.25) is 0 Å². The Hall–Kier alpha value is -0.610. The number of aliphatic carboxylic acids is 1. The molecule has 0 aliphatic heterocycles. The van der Waals surface area contributed by atoms with Crippen LogP contribution >= 0.6 is 0 Å². The van der Waals surface area contributed by atoms with Crippen LogP contribution in [0.3, 0.4) is 0 Å². The summed E-state index contributed by atoms with van der Waals surface area (Å²) in [6.45, 7) is 8.50. The smallest absolute Gasteiger partial charge is 0.315 e. The quantitative estimate of drug-likeness (QED) is 0.689. The molecule has 0 radical (unpaired) electrons. The van der Waals surface area contributed by atoms with E-state index in [1.54, 1.807) is 0 Å². The van der Waals surface area contributed by atoms with E-state index >= 15 is 0 Å². The van der Waals surface area contributed by atoms with Gasteiger partial charge < -0.3 is 14.6 Å². The van der Waals surface area contributed by atoms with Crippen molar-refractivity contribution < 1.29 is 19.4 Å². The van der Waals surface area contributed by atoms with E-state index < -0.39 is 17.7 Å². The first-order valence-corrected chi connectivity index (χ1v) is 5.39. The first-order valence-electron chi connectivity index (χ1n) is 5.39. The standard InChI is InChI=1S/C11H20O4/c1-5-14-9(15-6-2)11(8(12)13)7-10(11,3)4/h9H,5-7H2,1-4H3,(H,12,13).